The van der Waals surface area contributed by atoms with Gasteiger partial charge < -0.3 is 15.3 Å². The first-order chi connectivity index (χ1) is 15.2. The van der Waals surface area contributed by atoms with Crippen molar-refractivity contribution in [3.63, 3.8) is 0 Å². The molecule has 4 saturated carbocycles. The van der Waals surface area contributed by atoms with Crippen molar-refractivity contribution in [1.82, 2.24) is 0 Å². The minimum absolute atomic E-state index is 0.00950. The van der Waals surface area contributed by atoms with Crippen molar-refractivity contribution < 1.29 is 15.3 Å². The molecule has 3 heteroatoms. The molecule has 0 aromatic heterocycles. The van der Waals surface area contributed by atoms with Gasteiger partial charge in [0, 0.05) is 10.8 Å². The average Bonchev–Trinajstić information content (AvgIpc) is 2.73. The smallest absolute Gasteiger partial charge is 0.0618 e. The first kappa shape index (κ1) is 24.3. The first-order valence-corrected chi connectivity index (χ1v) is 13.9. The van der Waals surface area contributed by atoms with Crippen LogP contribution >= 0.6 is 0 Å². The molecule has 10 atom stereocenters. The molecule has 0 bridgehead atoms. The summed E-state index contributed by atoms with van der Waals surface area (Å²) in [7, 11) is 0. The third kappa shape index (κ3) is 2.91. The molecule has 0 unspecified atom stereocenters. The van der Waals surface area contributed by atoms with Crippen molar-refractivity contribution in [2.75, 3.05) is 6.61 Å². The van der Waals surface area contributed by atoms with E-state index in [9.17, 15) is 15.3 Å². The van der Waals surface area contributed by atoms with E-state index in [1.807, 2.05) is 0 Å². The van der Waals surface area contributed by atoms with Gasteiger partial charge in [0.15, 0.2) is 0 Å². The van der Waals surface area contributed by atoms with E-state index in [4.69, 9.17) is 0 Å². The Hall–Kier alpha value is -0.380. The fraction of sp³-hybridized carbons (Fsp3) is 0.933. The highest BCUT2D eigenvalue weighted by atomic mass is 16.3. The highest BCUT2D eigenvalue weighted by Gasteiger charge is 2.69. The van der Waals surface area contributed by atoms with Crippen LogP contribution in [0.1, 0.15) is 106 Å². The van der Waals surface area contributed by atoms with Crippen molar-refractivity contribution in [3.8, 4) is 0 Å². The Morgan fingerprint density at radius 1 is 0.788 bits per heavy atom. The summed E-state index contributed by atoms with van der Waals surface area (Å²) in [6.07, 6.45) is 11.7. The SMILES string of the molecule is CC1(C)C[C@@H]2C3=CC[C@H]4[C@]5(C)CC[C@@H](O)[C@@](C)(CO)[C@H]5CC[C@]4(C)[C@@]3(C)CC[C@]2(C)[C@@H](O)C1. The summed E-state index contributed by atoms with van der Waals surface area (Å²) in [5.74, 6) is 1.44. The van der Waals surface area contributed by atoms with Crippen LogP contribution in [0.2, 0.25) is 0 Å². The number of rotatable bonds is 1. The van der Waals surface area contributed by atoms with Gasteiger partial charge in [-0.25, -0.2) is 0 Å². The molecule has 33 heavy (non-hydrogen) atoms. The fourth-order valence-corrected chi connectivity index (χ4v) is 10.7. The molecule has 188 valence electrons. The van der Waals surface area contributed by atoms with Gasteiger partial charge in [0.2, 0.25) is 0 Å². The molecule has 0 saturated heterocycles. The first-order valence-electron chi connectivity index (χ1n) is 13.9. The number of aliphatic hydroxyl groups excluding tert-OH is 3. The molecule has 3 N–H and O–H groups in total. The van der Waals surface area contributed by atoms with Crippen molar-refractivity contribution >= 4 is 0 Å². The predicted octanol–water partition coefficient (Wildman–Crippen LogP) is 6.11. The second-order valence-corrected chi connectivity index (χ2v) is 15.2. The maximum Gasteiger partial charge on any atom is 0.0618 e. The van der Waals surface area contributed by atoms with Crippen LogP contribution in [0.25, 0.3) is 0 Å². The van der Waals surface area contributed by atoms with Gasteiger partial charge >= 0.3 is 0 Å². The van der Waals surface area contributed by atoms with Crippen LogP contribution in [0, 0.1) is 50.2 Å². The summed E-state index contributed by atoms with van der Waals surface area (Å²) in [5, 5.41) is 32.6. The van der Waals surface area contributed by atoms with E-state index in [0.717, 1.165) is 38.5 Å². The van der Waals surface area contributed by atoms with Crippen LogP contribution in [-0.2, 0) is 0 Å². The largest absolute Gasteiger partial charge is 0.396 e. The molecular weight excluding hydrogens is 408 g/mol. The Labute approximate surface area is 202 Å². The Balaban J connectivity index is 1.58. The zero-order chi connectivity index (χ0) is 24.2. The Morgan fingerprint density at radius 2 is 1.48 bits per heavy atom. The van der Waals surface area contributed by atoms with Gasteiger partial charge in [-0.2, -0.15) is 0 Å². The summed E-state index contributed by atoms with van der Waals surface area (Å²) in [6.45, 7) is 17.0. The van der Waals surface area contributed by atoms with E-state index >= 15 is 0 Å². The van der Waals surface area contributed by atoms with Crippen LogP contribution in [0.3, 0.4) is 0 Å². The van der Waals surface area contributed by atoms with Gasteiger partial charge in [-0.1, -0.05) is 60.1 Å². The predicted molar refractivity (Wildman–Crippen MR) is 134 cm³/mol. The molecule has 5 aliphatic carbocycles. The number of fused-ring (bicyclic) bond motifs is 7. The minimum atomic E-state index is -0.392. The molecule has 0 amide bonds. The topological polar surface area (TPSA) is 60.7 Å². The van der Waals surface area contributed by atoms with E-state index in [1.54, 1.807) is 5.57 Å². The Morgan fingerprint density at radius 3 is 2.15 bits per heavy atom. The molecule has 0 aromatic carbocycles. The maximum absolute atomic E-state index is 11.3. The number of hydrogen-bond acceptors (Lipinski definition) is 3. The van der Waals surface area contributed by atoms with Crippen molar-refractivity contribution in [2.45, 2.75) is 118 Å². The Bertz CT molecular complexity index is 847. The summed E-state index contributed by atoms with van der Waals surface area (Å²) < 4.78 is 0. The van der Waals surface area contributed by atoms with E-state index in [2.05, 4.69) is 54.5 Å². The van der Waals surface area contributed by atoms with Gasteiger partial charge in [-0.3, -0.25) is 0 Å². The normalized spacial score (nSPS) is 57.8. The zero-order valence-corrected chi connectivity index (χ0v) is 22.4. The van der Waals surface area contributed by atoms with Gasteiger partial charge in [-0.05, 0) is 97.2 Å². The van der Waals surface area contributed by atoms with Crippen LogP contribution in [0.15, 0.2) is 11.6 Å². The van der Waals surface area contributed by atoms with E-state index in [0.29, 0.717) is 17.8 Å². The third-order valence-corrected chi connectivity index (χ3v) is 13.2. The second-order valence-electron chi connectivity index (χ2n) is 15.2. The maximum atomic E-state index is 11.3. The average molecular weight is 459 g/mol. The summed E-state index contributed by atoms with van der Waals surface area (Å²) in [5.41, 5.74) is 2.04. The second kappa shape index (κ2) is 7.10. The number of aliphatic hydroxyl groups is 3. The van der Waals surface area contributed by atoms with Gasteiger partial charge in [0.05, 0.1) is 18.8 Å². The monoisotopic (exact) mass is 458 g/mol. The molecule has 4 fully saturated rings. The molecule has 0 heterocycles. The van der Waals surface area contributed by atoms with Crippen LogP contribution < -0.4 is 0 Å². The lowest BCUT2D eigenvalue weighted by atomic mass is 9.33. The van der Waals surface area contributed by atoms with Crippen LogP contribution in [-0.4, -0.2) is 34.1 Å². The summed E-state index contributed by atoms with van der Waals surface area (Å²) in [6, 6.07) is 0. The Kier molecular flexibility index (Phi) is 5.23. The van der Waals surface area contributed by atoms with Crippen molar-refractivity contribution in [3.05, 3.63) is 11.6 Å². The molecule has 0 aromatic rings. The van der Waals surface area contributed by atoms with Gasteiger partial charge in [0.1, 0.15) is 0 Å². The molecular formula is C30H50O3. The van der Waals surface area contributed by atoms with Crippen LogP contribution in [0.4, 0.5) is 0 Å². The van der Waals surface area contributed by atoms with Gasteiger partial charge in [0.25, 0.3) is 0 Å². The molecule has 5 aliphatic rings. The lowest BCUT2D eigenvalue weighted by Crippen LogP contribution is -2.66. The van der Waals surface area contributed by atoms with Gasteiger partial charge in [-0.15, -0.1) is 0 Å². The highest BCUT2D eigenvalue weighted by molar-refractivity contribution is 5.34. The fourth-order valence-electron chi connectivity index (χ4n) is 10.7. The van der Waals surface area contributed by atoms with E-state index < -0.39 is 6.10 Å². The van der Waals surface area contributed by atoms with Crippen molar-refractivity contribution in [2.24, 2.45) is 50.2 Å². The third-order valence-electron chi connectivity index (χ3n) is 13.2. The lowest BCUT2D eigenvalue weighted by molar-refractivity contribution is -0.218. The molecule has 3 nitrogen and oxygen atoms in total. The summed E-state index contributed by atoms with van der Waals surface area (Å²) in [4.78, 5) is 0. The van der Waals surface area contributed by atoms with E-state index in [-0.39, 0.29) is 45.2 Å². The quantitative estimate of drug-likeness (QED) is 0.415. The molecule has 0 radical (unpaired) electrons. The number of hydrogen-bond donors (Lipinski definition) is 3. The molecule has 0 aliphatic heterocycles. The highest BCUT2D eigenvalue weighted by Crippen LogP contribution is 2.75. The molecule has 0 spiro atoms. The lowest BCUT2D eigenvalue weighted by Gasteiger charge is -2.71. The molecule has 5 rings (SSSR count). The zero-order valence-electron chi connectivity index (χ0n) is 22.4. The van der Waals surface area contributed by atoms with E-state index in [1.165, 1.54) is 19.3 Å². The summed E-state index contributed by atoms with van der Waals surface area (Å²) >= 11 is 0. The van der Waals surface area contributed by atoms with Crippen molar-refractivity contribution in [1.29, 1.82) is 0 Å². The number of allylic oxidation sites excluding steroid dienone is 2. The minimum Gasteiger partial charge on any atom is -0.396 e. The van der Waals surface area contributed by atoms with Crippen LogP contribution in [0.5, 0.6) is 0 Å². The standard InChI is InChI=1S/C30H50O3/c1-25(2)16-20-19-8-9-22-27(4)12-11-23(32)28(5,18-31)21(27)10-13-30(22,7)29(19,6)15-14-26(20,3)24(33)17-25/h8,20-24,31-33H,9-18H2,1-7H3/t20-,21+,22+,23-,24+,26+,27-,28+,29+,30+/m1/s1.